The number of H-pyrrole nitrogens is 1. The van der Waals surface area contributed by atoms with Crippen molar-refractivity contribution in [1.29, 1.82) is 0 Å². The van der Waals surface area contributed by atoms with Crippen molar-refractivity contribution >= 4 is 16.8 Å². The number of carbonyl (C=O) groups excluding carboxylic acids is 1. The van der Waals surface area contributed by atoms with Gasteiger partial charge in [0.05, 0.1) is 18.2 Å². The zero-order valence-corrected chi connectivity index (χ0v) is 17.8. The molecule has 5 heterocycles. The van der Waals surface area contributed by atoms with Crippen molar-refractivity contribution in [2.24, 2.45) is 0 Å². The first-order chi connectivity index (χ1) is 14.6. The molecule has 0 saturated carbocycles. The molecule has 6 nitrogen and oxygen atoms in total. The summed E-state index contributed by atoms with van der Waals surface area (Å²) < 4.78 is 6.52. The van der Waals surface area contributed by atoms with Gasteiger partial charge in [-0.2, -0.15) is 0 Å². The highest BCUT2D eigenvalue weighted by Crippen LogP contribution is 2.46. The number of likely N-dealkylation sites (tertiary alicyclic amines) is 1. The second kappa shape index (κ2) is 7.08. The standard InChI is InChI=1S/C24H32N4O2/c1-26-10-8-22(23(26)29)28-18-5-6-19(28)14-24(13-18)16-27(11-12-30-24)15-17-3-2-4-21-20(17)7-9-25-21/h2-4,7,9,18-19,22,25H,5-6,8,10-16H2,1H3/t18-,19+,22?,24?. The van der Waals surface area contributed by atoms with E-state index < -0.39 is 0 Å². The van der Waals surface area contributed by atoms with E-state index in [2.05, 4.69) is 39.0 Å². The molecule has 4 fully saturated rings. The van der Waals surface area contributed by atoms with E-state index in [1.807, 2.05) is 18.1 Å². The van der Waals surface area contributed by atoms with E-state index >= 15 is 0 Å². The first kappa shape index (κ1) is 18.8. The molecule has 4 atom stereocenters. The first-order valence-electron chi connectivity index (χ1n) is 11.6. The summed E-state index contributed by atoms with van der Waals surface area (Å²) in [5, 5.41) is 1.33. The van der Waals surface area contributed by atoms with Gasteiger partial charge in [-0.25, -0.2) is 0 Å². The van der Waals surface area contributed by atoms with Crippen molar-refractivity contribution in [2.75, 3.05) is 33.3 Å². The molecule has 160 valence electrons. The Kier molecular flexibility index (Phi) is 4.44. The topological polar surface area (TPSA) is 51.8 Å². The molecular weight excluding hydrogens is 376 g/mol. The van der Waals surface area contributed by atoms with Gasteiger partial charge in [-0.05, 0) is 49.8 Å². The van der Waals surface area contributed by atoms with Crippen molar-refractivity contribution < 1.29 is 9.53 Å². The van der Waals surface area contributed by atoms with Crippen molar-refractivity contribution in [3.8, 4) is 0 Å². The molecule has 2 bridgehead atoms. The molecule has 0 radical (unpaired) electrons. The van der Waals surface area contributed by atoms with Gasteiger partial charge in [-0.15, -0.1) is 0 Å². The van der Waals surface area contributed by atoms with Gasteiger partial charge in [0.2, 0.25) is 5.91 Å². The molecule has 1 N–H and O–H groups in total. The number of likely N-dealkylation sites (N-methyl/N-ethyl adjacent to an activating group) is 1. The molecule has 1 aromatic heterocycles. The maximum Gasteiger partial charge on any atom is 0.239 e. The third kappa shape index (κ3) is 3.00. The summed E-state index contributed by atoms with van der Waals surface area (Å²) in [6, 6.07) is 9.85. The summed E-state index contributed by atoms with van der Waals surface area (Å²) in [6.45, 7) is 4.69. The Bertz CT molecular complexity index is 942. The highest BCUT2D eigenvalue weighted by atomic mass is 16.5. The van der Waals surface area contributed by atoms with Gasteiger partial charge < -0.3 is 14.6 Å². The van der Waals surface area contributed by atoms with E-state index in [0.29, 0.717) is 18.0 Å². The van der Waals surface area contributed by atoms with Crippen LogP contribution in [0, 0.1) is 0 Å². The van der Waals surface area contributed by atoms with Crippen LogP contribution in [0.25, 0.3) is 10.9 Å². The molecule has 6 heteroatoms. The van der Waals surface area contributed by atoms with Gasteiger partial charge in [-0.3, -0.25) is 14.6 Å². The summed E-state index contributed by atoms with van der Waals surface area (Å²) in [6.07, 6.45) is 7.59. The number of nitrogens with zero attached hydrogens (tertiary/aromatic N) is 3. The highest BCUT2D eigenvalue weighted by Gasteiger charge is 2.54. The zero-order chi connectivity index (χ0) is 20.3. The molecule has 1 spiro atoms. The maximum atomic E-state index is 12.7. The number of aromatic nitrogens is 1. The summed E-state index contributed by atoms with van der Waals surface area (Å²) in [5.41, 5.74) is 2.57. The second-order valence-corrected chi connectivity index (χ2v) is 9.90. The minimum absolute atomic E-state index is 0.0415. The Labute approximate surface area is 178 Å². The van der Waals surface area contributed by atoms with Gasteiger partial charge in [-0.1, -0.05) is 12.1 Å². The Balaban J connectivity index is 1.19. The number of hydrogen-bond acceptors (Lipinski definition) is 4. The molecule has 2 unspecified atom stereocenters. The first-order valence-corrected chi connectivity index (χ1v) is 11.6. The van der Waals surface area contributed by atoms with Crippen LogP contribution >= 0.6 is 0 Å². The number of nitrogens with one attached hydrogen (secondary N) is 1. The molecule has 0 aliphatic carbocycles. The number of amides is 1. The second-order valence-electron chi connectivity index (χ2n) is 9.90. The van der Waals surface area contributed by atoms with E-state index in [1.165, 1.54) is 29.3 Å². The number of aromatic amines is 1. The number of morpholine rings is 1. The van der Waals surface area contributed by atoms with Crippen molar-refractivity contribution in [3.63, 3.8) is 0 Å². The number of carbonyl (C=O) groups is 1. The normalized spacial score (nSPS) is 35.2. The van der Waals surface area contributed by atoms with E-state index in [9.17, 15) is 4.79 Å². The Morgan fingerprint density at radius 3 is 2.73 bits per heavy atom. The minimum atomic E-state index is -0.0415. The Morgan fingerprint density at radius 1 is 1.13 bits per heavy atom. The van der Waals surface area contributed by atoms with Crippen LogP contribution in [0.2, 0.25) is 0 Å². The molecule has 1 aromatic carbocycles. The molecule has 2 aromatic rings. The van der Waals surface area contributed by atoms with E-state index in [0.717, 1.165) is 52.0 Å². The van der Waals surface area contributed by atoms with Crippen LogP contribution in [0.3, 0.4) is 0 Å². The zero-order valence-electron chi connectivity index (χ0n) is 17.8. The van der Waals surface area contributed by atoms with Gasteiger partial charge in [0, 0.05) is 62.4 Å². The van der Waals surface area contributed by atoms with Crippen LogP contribution < -0.4 is 0 Å². The predicted octanol–water partition coefficient (Wildman–Crippen LogP) is 2.60. The summed E-state index contributed by atoms with van der Waals surface area (Å²) in [4.78, 5) is 23.1. The number of piperidine rings is 1. The third-order valence-electron chi connectivity index (χ3n) is 8.06. The quantitative estimate of drug-likeness (QED) is 0.848. The van der Waals surface area contributed by atoms with Crippen LogP contribution in [0.1, 0.15) is 37.7 Å². The van der Waals surface area contributed by atoms with Crippen molar-refractivity contribution in [2.45, 2.75) is 62.4 Å². The highest BCUT2D eigenvalue weighted by molar-refractivity contribution is 5.84. The van der Waals surface area contributed by atoms with E-state index in [-0.39, 0.29) is 11.6 Å². The summed E-state index contributed by atoms with van der Waals surface area (Å²) in [7, 11) is 1.95. The molecule has 6 rings (SSSR count). The van der Waals surface area contributed by atoms with Crippen molar-refractivity contribution in [3.05, 3.63) is 36.0 Å². The van der Waals surface area contributed by atoms with Gasteiger partial charge in [0.25, 0.3) is 0 Å². The van der Waals surface area contributed by atoms with Crippen LogP contribution in [0.4, 0.5) is 0 Å². The van der Waals surface area contributed by atoms with Crippen LogP contribution in [-0.2, 0) is 16.1 Å². The average Bonchev–Trinajstić information content (AvgIpc) is 3.41. The Morgan fingerprint density at radius 2 is 1.97 bits per heavy atom. The van der Waals surface area contributed by atoms with E-state index in [4.69, 9.17) is 4.74 Å². The number of ether oxygens (including phenoxy) is 1. The largest absolute Gasteiger partial charge is 0.372 e. The monoisotopic (exact) mass is 408 g/mol. The number of rotatable bonds is 3. The fourth-order valence-electron chi connectivity index (χ4n) is 6.76. The fraction of sp³-hybridized carbons (Fsp3) is 0.625. The Hall–Kier alpha value is -1.89. The van der Waals surface area contributed by atoms with Crippen LogP contribution in [-0.4, -0.2) is 82.6 Å². The predicted molar refractivity (Wildman–Crippen MR) is 116 cm³/mol. The number of benzene rings is 1. The van der Waals surface area contributed by atoms with Crippen molar-refractivity contribution in [1.82, 2.24) is 19.7 Å². The number of hydrogen-bond donors (Lipinski definition) is 1. The van der Waals surface area contributed by atoms with E-state index in [1.54, 1.807) is 0 Å². The van der Waals surface area contributed by atoms with Gasteiger partial charge >= 0.3 is 0 Å². The van der Waals surface area contributed by atoms with Gasteiger partial charge in [0.15, 0.2) is 0 Å². The molecule has 4 aliphatic heterocycles. The minimum Gasteiger partial charge on any atom is -0.372 e. The molecule has 1 amide bonds. The maximum absolute atomic E-state index is 12.7. The lowest BCUT2D eigenvalue weighted by atomic mass is 9.83. The molecule has 30 heavy (non-hydrogen) atoms. The lowest BCUT2D eigenvalue weighted by molar-refractivity contribution is -0.160. The average molecular weight is 409 g/mol. The lowest BCUT2D eigenvalue weighted by Gasteiger charge is -2.51. The van der Waals surface area contributed by atoms with Crippen LogP contribution in [0.15, 0.2) is 30.5 Å². The van der Waals surface area contributed by atoms with Crippen LogP contribution in [0.5, 0.6) is 0 Å². The lowest BCUT2D eigenvalue weighted by Crippen LogP contribution is -2.62. The SMILES string of the molecule is CN1CCC(N2[C@@H]3CC[C@H]2CC2(C3)CN(Cc3cccc4[nH]ccc34)CCO2)C1=O. The molecular formula is C24H32N4O2. The van der Waals surface area contributed by atoms with Gasteiger partial charge in [0.1, 0.15) is 0 Å². The number of fused-ring (bicyclic) bond motifs is 3. The third-order valence-corrected chi connectivity index (χ3v) is 8.06. The molecule has 4 saturated heterocycles. The summed E-state index contributed by atoms with van der Waals surface area (Å²) in [5.74, 6) is 0.327. The smallest absolute Gasteiger partial charge is 0.239 e. The fourth-order valence-corrected chi connectivity index (χ4v) is 6.76. The summed E-state index contributed by atoms with van der Waals surface area (Å²) >= 11 is 0. The molecule has 4 aliphatic rings.